The van der Waals surface area contributed by atoms with E-state index in [0.29, 0.717) is 34.1 Å². The highest BCUT2D eigenvalue weighted by molar-refractivity contribution is 9.10. The maximum Gasteiger partial charge on any atom is 0.305 e. The summed E-state index contributed by atoms with van der Waals surface area (Å²) < 4.78 is 2.79. The van der Waals surface area contributed by atoms with Crippen LogP contribution in [0.2, 0.25) is 0 Å². The molecule has 1 aromatic carbocycles. The van der Waals surface area contributed by atoms with Crippen LogP contribution in [0.1, 0.15) is 49.7 Å². The second-order valence-corrected chi connectivity index (χ2v) is 12.2. The molecule has 2 fully saturated rings. The summed E-state index contributed by atoms with van der Waals surface area (Å²) in [5.74, 6) is -0.356. The maximum atomic E-state index is 12.3. The Morgan fingerprint density at radius 3 is 2.84 bits per heavy atom. The second-order valence-electron chi connectivity index (χ2n) is 10.3. The van der Waals surface area contributed by atoms with E-state index >= 15 is 0 Å². The van der Waals surface area contributed by atoms with Crippen molar-refractivity contribution in [1.82, 2.24) is 9.47 Å². The molecule has 1 N–H and O–H groups in total. The summed E-state index contributed by atoms with van der Waals surface area (Å²) >= 11 is 4.84. The number of amides is 1. The van der Waals surface area contributed by atoms with Gasteiger partial charge in [0.1, 0.15) is 0 Å². The molecule has 1 aliphatic heterocycles. The number of halogens is 1. The molecule has 5 rings (SSSR count). The van der Waals surface area contributed by atoms with Gasteiger partial charge in [0.05, 0.1) is 17.1 Å². The van der Waals surface area contributed by atoms with Gasteiger partial charge in [-0.2, -0.15) is 0 Å². The summed E-state index contributed by atoms with van der Waals surface area (Å²) in [7, 11) is 0. The van der Waals surface area contributed by atoms with Crippen LogP contribution in [0.25, 0.3) is 10.9 Å². The van der Waals surface area contributed by atoms with Gasteiger partial charge in [-0.25, -0.2) is 0 Å². The third-order valence-electron chi connectivity index (χ3n) is 6.79. The predicted octanol–water partition coefficient (Wildman–Crippen LogP) is 6.95. The van der Waals surface area contributed by atoms with Crippen molar-refractivity contribution in [3.05, 3.63) is 45.1 Å². The van der Waals surface area contributed by atoms with Crippen LogP contribution in [0, 0.1) is 10.8 Å². The number of aromatic hydroxyl groups is 1. The number of carbonyl (C=O) groups excluding carboxylic acids is 1. The van der Waals surface area contributed by atoms with Gasteiger partial charge in [0.25, 0.3) is 0 Å². The lowest BCUT2D eigenvalue weighted by molar-refractivity contribution is 0.0999. The van der Waals surface area contributed by atoms with Gasteiger partial charge in [-0.15, -0.1) is 21.6 Å². The molecule has 1 saturated carbocycles. The van der Waals surface area contributed by atoms with Gasteiger partial charge in [-0.05, 0) is 59.7 Å². The zero-order valence-corrected chi connectivity index (χ0v) is 20.9. The van der Waals surface area contributed by atoms with Gasteiger partial charge < -0.3 is 5.11 Å². The Labute approximate surface area is 200 Å². The SMILES string of the molecule is CC1(C)C[C@H]2C[C@](C)(CN2Cn2c(O)c(N=NC(=O)c3cccs3)c3cc(Br)ccc32)C1. The number of fused-ring (bicyclic) bond motifs is 3. The highest BCUT2D eigenvalue weighted by Gasteiger charge is 2.49. The minimum absolute atomic E-state index is 0.0479. The number of rotatable bonds is 4. The van der Waals surface area contributed by atoms with Crippen LogP contribution in [0.5, 0.6) is 5.88 Å². The average Bonchev–Trinajstić information content (AvgIpc) is 3.37. The Balaban J connectivity index is 1.50. The molecule has 8 heteroatoms. The number of azo groups is 1. The van der Waals surface area contributed by atoms with Crippen molar-refractivity contribution in [2.24, 2.45) is 21.1 Å². The number of aromatic nitrogens is 1. The Kier molecular flexibility index (Phi) is 5.30. The van der Waals surface area contributed by atoms with E-state index in [1.807, 2.05) is 34.2 Å². The van der Waals surface area contributed by atoms with E-state index in [4.69, 9.17) is 0 Å². The Hall–Kier alpha value is -2.03. The minimum atomic E-state index is -0.404. The van der Waals surface area contributed by atoms with Crippen LogP contribution in [0.15, 0.2) is 50.4 Å². The van der Waals surface area contributed by atoms with Crippen LogP contribution in [0.3, 0.4) is 0 Å². The lowest BCUT2D eigenvalue weighted by Gasteiger charge is -2.40. The third kappa shape index (κ3) is 3.93. The maximum absolute atomic E-state index is 12.3. The molecule has 2 aromatic heterocycles. The standard InChI is InChI=1S/C24H27BrN4O2S/c1-23(2)10-16-11-24(3,12-23)13-28(16)14-29-18-7-6-15(25)9-17(18)20(22(29)31)26-27-21(30)19-5-4-8-32-19/h4-9,16,31H,10-14H2,1-3H3/t16-,24-/m0/s1. The zero-order chi connectivity index (χ0) is 22.7. The molecule has 1 aliphatic carbocycles. The molecular weight excluding hydrogens is 488 g/mol. The lowest BCUT2D eigenvalue weighted by atomic mass is 9.65. The van der Waals surface area contributed by atoms with E-state index in [-0.39, 0.29) is 5.88 Å². The fourth-order valence-corrected chi connectivity index (χ4v) is 6.97. The van der Waals surface area contributed by atoms with E-state index in [0.717, 1.165) is 28.3 Å². The molecule has 2 bridgehead atoms. The van der Waals surface area contributed by atoms with Gasteiger partial charge in [-0.3, -0.25) is 14.3 Å². The van der Waals surface area contributed by atoms with Crippen molar-refractivity contribution in [2.75, 3.05) is 6.54 Å². The first-order valence-corrected chi connectivity index (χ1v) is 12.6. The van der Waals surface area contributed by atoms with Crippen LogP contribution >= 0.6 is 27.3 Å². The number of hydrogen-bond donors (Lipinski definition) is 1. The summed E-state index contributed by atoms with van der Waals surface area (Å²) in [5.41, 5.74) is 1.86. The van der Waals surface area contributed by atoms with Gasteiger partial charge in [0, 0.05) is 22.4 Å². The molecule has 3 aromatic rings. The van der Waals surface area contributed by atoms with Crippen molar-refractivity contribution in [3.8, 4) is 5.88 Å². The fraction of sp³-hybridized carbons (Fsp3) is 0.458. The third-order valence-corrected chi connectivity index (χ3v) is 8.14. The predicted molar refractivity (Wildman–Crippen MR) is 131 cm³/mol. The normalized spacial score (nSPS) is 25.2. The first-order valence-electron chi connectivity index (χ1n) is 10.9. The van der Waals surface area contributed by atoms with Gasteiger partial charge in [0.2, 0.25) is 5.88 Å². The summed E-state index contributed by atoms with van der Waals surface area (Å²) in [6.45, 7) is 8.73. The zero-order valence-electron chi connectivity index (χ0n) is 18.5. The van der Waals surface area contributed by atoms with Crippen LogP contribution < -0.4 is 0 Å². The van der Waals surface area contributed by atoms with E-state index in [2.05, 4.69) is 51.8 Å². The molecule has 6 nitrogen and oxygen atoms in total. The smallest absolute Gasteiger partial charge is 0.305 e. The van der Waals surface area contributed by atoms with E-state index in [1.165, 1.54) is 24.2 Å². The Morgan fingerprint density at radius 2 is 2.09 bits per heavy atom. The second kappa shape index (κ2) is 7.78. The molecule has 2 atom stereocenters. The van der Waals surface area contributed by atoms with Crippen LogP contribution in [0.4, 0.5) is 5.69 Å². The first kappa shape index (κ1) is 21.8. The highest BCUT2D eigenvalue weighted by Crippen LogP contribution is 2.53. The number of benzene rings is 1. The number of hydrogen-bond acceptors (Lipinski definition) is 5. The van der Waals surface area contributed by atoms with E-state index < -0.39 is 5.91 Å². The molecule has 1 saturated heterocycles. The van der Waals surface area contributed by atoms with Gasteiger partial charge in [0.15, 0.2) is 5.69 Å². The number of carbonyl (C=O) groups is 1. The monoisotopic (exact) mass is 514 g/mol. The van der Waals surface area contributed by atoms with E-state index in [1.54, 1.807) is 6.07 Å². The lowest BCUT2D eigenvalue weighted by Crippen LogP contribution is -2.35. The molecule has 0 spiro atoms. The van der Waals surface area contributed by atoms with Crippen molar-refractivity contribution >= 4 is 49.8 Å². The molecule has 0 radical (unpaired) electrons. The summed E-state index contributed by atoms with van der Waals surface area (Å²) in [6, 6.07) is 9.89. The molecular formula is C24H27BrN4O2S. The summed E-state index contributed by atoms with van der Waals surface area (Å²) in [4.78, 5) is 15.4. The van der Waals surface area contributed by atoms with Crippen molar-refractivity contribution in [3.63, 3.8) is 0 Å². The van der Waals surface area contributed by atoms with Gasteiger partial charge in [-0.1, -0.05) is 42.8 Å². The minimum Gasteiger partial charge on any atom is -0.493 e. The largest absolute Gasteiger partial charge is 0.493 e. The number of thiophene rings is 1. The summed E-state index contributed by atoms with van der Waals surface area (Å²) in [6.07, 6.45) is 3.59. The average molecular weight is 515 g/mol. The van der Waals surface area contributed by atoms with Crippen molar-refractivity contribution in [2.45, 2.75) is 52.7 Å². The Morgan fingerprint density at radius 1 is 1.28 bits per heavy atom. The quantitative estimate of drug-likeness (QED) is 0.382. The number of likely N-dealkylation sites (tertiary alicyclic amines) is 1. The molecule has 3 heterocycles. The molecule has 0 unspecified atom stereocenters. The summed E-state index contributed by atoms with van der Waals surface area (Å²) in [5, 5.41) is 21.9. The van der Waals surface area contributed by atoms with Crippen LogP contribution in [-0.2, 0) is 6.67 Å². The van der Waals surface area contributed by atoms with Gasteiger partial charge >= 0.3 is 5.91 Å². The topological polar surface area (TPSA) is 70.2 Å². The molecule has 168 valence electrons. The number of nitrogens with zero attached hydrogens (tertiary/aromatic N) is 4. The highest BCUT2D eigenvalue weighted by atomic mass is 79.9. The Bertz CT molecular complexity index is 1220. The fourth-order valence-electron chi connectivity index (χ4n) is 6.01. The van der Waals surface area contributed by atoms with Crippen molar-refractivity contribution < 1.29 is 9.90 Å². The molecule has 1 amide bonds. The van der Waals surface area contributed by atoms with E-state index in [9.17, 15) is 9.90 Å². The molecule has 2 aliphatic rings. The van der Waals surface area contributed by atoms with Crippen LogP contribution in [-0.4, -0.2) is 33.1 Å². The van der Waals surface area contributed by atoms with Crippen molar-refractivity contribution in [1.29, 1.82) is 0 Å². The molecule has 32 heavy (non-hydrogen) atoms. The first-order chi connectivity index (χ1) is 15.1.